The fourth-order valence-corrected chi connectivity index (χ4v) is 2.79. The van der Waals surface area contributed by atoms with Gasteiger partial charge in [0.25, 0.3) is 0 Å². The predicted octanol–water partition coefficient (Wildman–Crippen LogP) is 3.90. The third kappa shape index (κ3) is 4.91. The van der Waals surface area contributed by atoms with Gasteiger partial charge in [-0.3, -0.25) is 4.99 Å². The number of hydrogen-bond acceptors (Lipinski definition) is 2. The van der Waals surface area contributed by atoms with E-state index in [0.717, 1.165) is 29.2 Å². The molecule has 0 aliphatic rings. The maximum Gasteiger partial charge on any atom is 0.191 e. The van der Waals surface area contributed by atoms with E-state index >= 15 is 0 Å². The molecule has 0 saturated heterocycles. The number of guanidine groups is 1. The predicted molar refractivity (Wildman–Crippen MR) is 94.1 cm³/mol. The van der Waals surface area contributed by atoms with Crippen molar-refractivity contribution in [1.29, 1.82) is 0 Å². The van der Waals surface area contributed by atoms with Crippen molar-refractivity contribution in [2.75, 3.05) is 13.1 Å². The summed E-state index contributed by atoms with van der Waals surface area (Å²) in [7, 11) is 0. The molecule has 1 aromatic heterocycles. The van der Waals surface area contributed by atoms with Crippen LogP contribution >= 0.6 is 15.9 Å². The van der Waals surface area contributed by atoms with Crippen LogP contribution in [0.15, 0.2) is 56.5 Å². The Labute approximate surface area is 140 Å². The number of benzene rings is 1. The quantitative estimate of drug-likeness (QED) is 0.604. The van der Waals surface area contributed by atoms with Crippen LogP contribution < -0.4 is 10.6 Å². The summed E-state index contributed by atoms with van der Waals surface area (Å²) in [4.78, 5) is 4.60. The van der Waals surface area contributed by atoms with Gasteiger partial charge < -0.3 is 15.1 Å². The summed E-state index contributed by atoms with van der Waals surface area (Å²) in [5, 5.41) is 6.71. The van der Waals surface area contributed by atoms with Gasteiger partial charge >= 0.3 is 0 Å². The van der Waals surface area contributed by atoms with Gasteiger partial charge in [0, 0.05) is 24.0 Å². The molecule has 0 aliphatic carbocycles. The first kappa shape index (κ1) is 16.6. The summed E-state index contributed by atoms with van der Waals surface area (Å²) < 4.78 is 6.42. The first-order valence-electron chi connectivity index (χ1n) is 7.52. The van der Waals surface area contributed by atoms with Crippen LogP contribution in [-0.2, 0) is 6.42 Å². The van der Waals surface area contributed by atoms with Crippen LogP contribution in [0.5, 0.6) is 0 Å². The van der Waals surface area contributed by atoms with Crippen LogP contribution in [0, 0.1) is 0 Å². The van der Waals surface area contributed by atoms with Gasteiger partial charge in [0.15, 0.2) is 5.96 Å². The number of nitrogens with zero attached hydrogens (tertiary/aromatic N) is 1. The summed E-state index contributed by atoms with van der Waals surface area (Å²) >= 11 is 3.59. The van der Waals surface area contributed by atoms with Gasteiger partial charge in [0.1, 0.15) is 5.76 Å². The van der Waals surface area contributed by atoms with Gasteiger partial charge in [0.2, 0.25) is 0 Å². The Bertz CT molecular complexity index is 596. The van der Waals surface area contributed by atoms with Crippen molar-refractivity contribution < 1.29 is 4.42 Å². The number of hydrogen-bond donors (Lipinski definition) is 2. The lowest BCUT2D eigenvalue weighted by molar-refractivity contribution is 0.510. The normalized spacial score (nSPS) is 13.0. The summed E-state index contributed by atoms with van der Waals surface area (Å²) in [5.41, 5.74) is 1.21. The topological polar surface area (TPSA) is 49.6 Å². The van der Waals surface area contributed by atoms with Gasteiger partial charge in [-0.15, -0.1) is 0 Å². The second kappa shape index (κ2) is 8.63. The van der Waals surface area contributed by atoms with Crippen molar-refractivity contribution in [3.8, 4) is 0 Å². The number of nitrogens with one attached hydrogen (secondary N) is 2. The van der Waals surface area contributed by atoms with E-state index < -0.39 is 0 Å². The zero-order chi connectivity index (χ0) is 15.8. The lowest BCUT2D eigenvalue weighted by atomic mass is 10.1. The summed E-state index contributed by atoms with van der Waals surface area (Å²) in [6.45, 7) is 5.70. The highest BCUT2D eigenvalue weighted by Gasteiger charge is 2.10. The molecule has 0 spiro atoms. The highest BCUT2D eigenvalue weighted by Crippen LogP contribution is 2.22. The maximum atomic E-state index is 5.33. The van der Waals surface area contributed by atoms with Crippen LogP contribution in [-0.4, -0.2) is 19.0 Å². The number of rotatable bonds is 6. The molecular weight excluding hydrogens is 342 g/mol. The van der Waals surface area contributed by atoms with E-state index in [1.807, 2.05) is 24.3 Å². The smallest absolute Gasteiger partial charge is 0.191 e. The fraction of sp³-hybridized carbons (Fsp3) is 0.353. The highest BCUT2D eigenvalue weighted by molar-refractivity contribution is 9.10. The van der Waals surface area contributed by atoms with E-state index in [-0.39, 0.29) is 6.04 Å². The van der Waals surface area contributed by atoms with Crippen LogP contribution in [0.4, 0.5) is 0 Å². The average Bonchev–Trinajstić information content (AvgIpc) is 3.01. The van der Waals surface area contributed by atoms with Crippen molar-refractivity contribution in [2.24, 2.45) is 4.99 Å². The standard InChI is InChI=1S/C17H22BrN3O/c1-3-19-17(20-11-10-14-7-6-12-22-14)21-13(2)15-8-4-5-9-16(15)18/h4-9,12-13H,3,10-11H2,1-2H3,(H2,19,20,21). The molecule has 0 saturated carbocycles. The van der Waals surface area contributed by atoms with Crippen molar-refractivity contribution in [2.45, 2.75) is 26.3 Å². The molecule has 0 bridgehead atoms. The SMILES string of the molecule is CCNC(=NCCc1ccco1)NC(C)c1ccccc1Br. The molecule has 1 unspecified atom stereocenters. The Morgan fingerprint density at radius 2 is 2.09 bits per heavy atom. The van der Waals surface area contributed by atoms with Gasteiger partial charge in [-0.25, -0.2) is 0 Å². The minimum Gasteiger partial charge on any atom is -0.469 e. The Hall–Kier alpha value is -1.75. The largest absolute Gasteiger partial charge is 0.469 e. The molecule has 2 rings (SSSR count). The lowest BCUT2D eigenvalue weighted by Gasteiger charge is -2.19. The molecule has 1 heterocycles. The van der Waals surface area contributed by atoms with E-state index in [9.17, 15) is 0 Å². The molecule has 2 aromatic rings. The molecular formula is C17H22BrN3O. The van der Waals surface area contributed by atoms with Crippen molar-refractivity contribution in [3.05, 3.63) is 58.5 Å². The Morgan fingerprint density at radius 3 is 2.77 bits per heavy atom. The number of furan rings is 1. The van der Waals surface area contributed by atoms with E-state index in [0.29, 0.717) is 6.54 Å². The molecule has 4 nitrogen and oxygen atoms in total. The minimum absolute atomic E-state index is 0.164. The molecule has 0 aliphatic heterocycles. The van der Waals surface area contributed by atoms with Gasteiger partial charge in [-0.05, 0) is 37.6 Å². The molecule has 0 radical (unpaired) electrons. The first-order chi connectivity index (χ1) is 10.7. The van der Waals surface area contributed by atoms with Crippen LogP contribution in [0.25, 0.3) is 0 Å². The van der Waals surface area contributed by atoms with Crippen molar-refractivity contribution >= 4 is 21.9 Å². The molecule has 118 valence electrons. The summed E-state index contributed by atoms with van der Waals surface area (Å²) in [6, 6.07) is 12.2. The number of halogens is 1. The van der Waals surface area contributed by atoms with Crippen LogP contribution in [0.2, 0.25) is 0 Å². The molecule has 1 aromatic carbocycles. The maximum absolute atomic E-state index is 5.33. The van der Waals surface area contributed by atoms with E-state index in [4.69, 9.17) is 4.42 Å². The van der Waals surface area contributed by atoms with Crippen molar-refractivity contribution in [1.82, 2.24) is 10.6 Å². The second-order valence-electron chi connectivity index (χ2n) is 4.98. The molecule has 1 atom stereocenters. The average molecular weight is 364 g/mol. The molecule has 2 N–H and O–H groups in total. The van der Waals surface area contributed by atoms with Gasteiger partial charge in [-0.2, -0.15) is 0 Å². The van der Waals surface area contributed by atoms with Gasteiger partial charge in [0.05, 0.1) is 12.3 Å². The summed E-state index contributed by atoms with van der Waals surface area (Å²) in [5.74, 6) is 1.77. The van der Waals surface area contributed by atoms with Crippen molar-refractivity contribution in [3.63, 3.8) is 0 Å². The number of aliphatic imine (C=N–C) groups is 1. The first-order valence-corrected chi connectivity index (χ1v) is 8.31. The molecule has 0 amide bonds. The van der Waals surface area contributed by atoms with E-state index in [1.54, 1.807) is 6.26 Å². The van der Waals surface area contributed by atoms with E-state index in [1.165, 1.54) is 5.56 Å². The monoisotopic (exact) mass is 363 g/mol. The zero-order valence-electron chi connectivity index (χ0n) is 13.0. The Balaban J connectivity index is 1.96. The van der Waals surface area contributed by atoms with Gasteiger partial charge in [-0.1, -0.05) is 34.1 Å². The third-order valence-corrected chi connectivity index (χ3v) is 4.00. The third-order valence-electron chi connectivity index (χ3n) is 3.28. The molecule has 0 fully saturated rings. The molecule has 22 heavy (non-hydrogen) atoms. The van der Waals surface area contributed by atoms with E-state index in [2.05, 4.69) is 57.5 Å². The van der Waals surface area contributed by atoms with Crippen LogP contribution in [0.3, 0.4) is 0 Å². The summed E-state index contributed by atoms with van der Waals surface area (Å²) in [6.07, 6.45) is 2.49. The second-order valence-corrected chi connectivity index (χ2v) is 5.83. The lowest BCUT2D eigenvalue weighted by Crippen LogP contribution is -2.39. The van der Waals surface area contributed by atoms with Crippen LogP contribution in [0.1, 0.15) is 31.2 Å². The molecule has 5 heteroatoms. The Kier molecular flexibility index (Phi) is 6.52. The Morgan fingerprint density at radius 1 is 1.27 bits per heavy atom. The fourth-order valence-electron chi connectivity index (χ4n) is 2.16. The highest BCUT2D eigenvalue weighted by atomic mass is 79.9. The zero-order valence-corrected chi connectivity index (χ0v) is 14.6. The minimum atomic E-state index is 0.164.